The average Bonchev–Trinajstić information content (AvgIpc) is 2.87. The summed E-state index contributed by atoms with van der Waals surface area (Å²) in [6.07, 6.45) is 1.38. The highest BCUT2D eigenvalue weighted by Gasteiger charge is 2.19. The molecule has 0 spiro atoms. The lowest BCUT2D eigenvalue weighted by molar-refractivity contribution is -0.121. The second-order valence-electron chi connectivity index (χ2n) is 5.92. The Kier molecular flexibility index (Phi) is 9.97. The molecule has 0 saturated heterocycles. The first-order valence-corrected chi connectivity index (χ1v) is 7.95. The van der Waals surface area contributed by atoms with Gasteiger partial charge in [0.1, 0.15) is 5.82 Å². The molecule has 5 nitrogen and oxygen atoms in total. The maximum Gasteiger partial charge on any atom is 0.220 e. The number of halogens is 2. The van der Waals surface area contributed by atoms with Crippen molar-refractivity contribution in [2.24, 2.45) is 0 Å². The predicted molar refractivity (Wildman–Crippen MR) is 104 cm³/mol. The van der Waals surface area contributed by atoms with Crippen LogP contribution in [0.1, 0.15) is 51.5 Å². The minimum atomic E-state index is -0.100. The van der Waals surface area contributed by atoms with Crippen molar-refractivity contribution in [3.63, 3.8) is 0 Å². The van der Waals surface area contributed by atoms with Gasteiger partial charge in [-0.15, -0.1) is 24.8 Å². The highest BCUT2D eigenvalue weighted by molar-refractivity contribution is 5.85. The van der Waals surface area contributed by atoms with E-state index in [4.69, 9.17) is 4.98 Å². The van der Waals surface area contributed by atoms with E-state index >= 15 is 0 Å². The SMILES string of the molecule is CNCCCC(=O)NC(C)c1nc2ccccc2n1C(C)C.Cl.Cl. The van der Waals surface area contributed by atoms with Crippen molar-refractivity contribution in [1.82, 2.24) is 20.2 Å². The molecule has 2 aromatic rings. The van der Waals surface area contributed by atoms with Gasteiger partial charge in [0.05, 0.1) is 17.1 Å². The lowest BCUT2D eigenvalue weighted by Gasteiger charge is -2.18. The van der Waals surface area contributed by atoms with Crippen molar-refractivity contribution in [2.45, 2.75) is 45.7 Å². The van der Waals surface area contributed by atoms with Crippen LogP contribution in [-0.4, -0.2) is 29.1 Å². The molecule has 1 atom stereocenters. The van der Waals surface area contributed by atoms with Gasteiger partial charge >= 0.3 is 0 Å². The predicted octanol–water partition coefficient (Wildman–Crippen LogP) is 3.64. The molecular weight excluding hydrogens is 347 g/mol. The number of amides is 1. The van der Waals surface area contributed by atoms with E-state index in [-0.39, 0.29) is 36.8 Å². The summed E-state index contributed by atoms with van der Waals surface area (Å²) in [6.45, 7) is 7.13. The smallest absolute Gasteiger partial charge is 0.220 e. The monoisotopic (exact) mass is 374 g/mol. The van der Waals surface area contributed by atoms with E-state index in [1.807, 2.05) is 32.2 Å². The minimum absolute atomic E-state index is 0. The Bertz CT molecular complexity index is 643. The molecule has 1 amide bonds. The number of hydrogen-bond acceptors (Lipinski definition) is 3. The number of aromatic nitrogens is 2. The van der Waals surface area contributed by atoms with Gasteiger partial charge in [-0.1, -0.05) is 12.1 Å². The number of carbonyl (C=O) groups excluding carboxylic acids is 1. The lowest BCUT2D eigenvalue weighted by atomic mass is 10.2. The summed E-state index contributed by atoms with van der Waals surface area (Å²) >= 11 is 0. The van der Waals surface area contributed by atoms with E-state index in [0.717, 1.165) is 29.8 Å². The Hall–Kier alpha value is -1.30. The molecule has 0 aliphatic carbocycles. The molecule has 1 aromatic carbocycles. The van der Waals surface area contributed by atoms with E-state index in [1.54, 1.807) is 0 Å². The third-order valence-electron chi connectivity index (χ3n) is 3.73. The van der Waals surface area contributed by atoms with Gasteiger partial charge in [-0.25, -0.2) is 4.98 Å². The van der Waals surface area contributed by atoms with Crippen LogP contribution in [0, 0.1) is 0 Å². The van der Waals surface area contributed by atoms with Crippen LogP contribution in [0.15, 0.2) is 24.3 Å². The number of hydrogen-bond donors (Lipinski definition) is 2. The Morgan fingerprint density at radius 1 is 1.21 bits per heavy atom. The fourth-order valence-electron chi connectivity index (χ4n) is 2.72. The van der Waals surface area contributed by atoms with Crippen LogP contribution in [0.4, 0.5) is 0 Å². The molecule has 0 aliphatic heterocycles. The standard InChI is InChI=1S/C17H26N4O.2ClH/c1-12(2)21-15-9-6-5-8-14(15)20-17(21)13(3)19-16(22)10-7-11-18-4;;/h5-6,8-9,12-13,18H,7,10-11H2,1-4H3,(H,19,22);2*1H. The number of carbonyl (C=O) groups is 1. The minimum Gasteiger partial charge on any atom is -0.346 e. The second kappa shape index (κ2) is 10.5. The number of nitrogens with one attached hydrogen (secondary N) is 2. The molecule has 136 valence electrons. The molecule has 0 bridgehead atoms. The quantitative estimate of drug-likeness (QED) is 0.727. The Balaban J connectivity index is 0.00000264. The Morgan fingerprint density at radius 3 is 2.50 bits per heavy atom. The molecule has 2 N–H and O–H groups in total. The van der Waals surface area contributed by atoms with E-state index in [0.29, 0.717) is 12.5 Å². The third kappa shape index (κ3) is 5.36. The van der Waals surface area contributed by atoms with Gasteiger partial charge in [0, 0.05) is 12.5 Å². The highest BCUT2D eigenvalue weighted by atomic mass is 35.5. The zero-order valence-electron chi connectivity index (χ0n) is 14.7. The van der Waals surface area contributed by atoms with Crippen LogP contribution in [-0.2, 0) is 4.79 Å². The lowest BCUT2D eigenvalue weighted by Crippen LogP contribution is -2.29. The summed E-state index contributed by atoms with van der Waals surface area (Å²) in [6, 6.07) is 8.30. The van der Waals surface area contributed by atoms with E-state index in [9.17, 15) is 4.79 Å². The van der Waals surface area contributed by atoms with Crippen molar-refractivity contribution >= 4 is 41.8 Å². The topological polar surface area (TPSA) is 59.0 Å². The summed E-state index contributed by atoms with van der Waals surface area (Å²) in [5.74, 6) is 0.989. The number of nitrogens with zero attached hydrogens (tertiary/aromatic N) is 2. The van der Waals surface area contributed by atoms with Crippen LogP contribution < -0.4 is 10.6 Å². The molecule has 0 fully saturated rings. The number of para-hydroxylation sites is 2. The summed E-state index contributed by atoms with van der Waals surface area (Å²) < 4.78 is 2.20. The van der Waals surface area contributed by atoms with Crippen LogP contribution in [0.25, 0.3) is 11.0 Å². The molecular formula is C17H28Cl2N4O. The highest BCUT2D eigenvalue weighted by Crippen LogP contribution is 2.24. The van der Waals surface area contributed by atoms with E-state index < -0.39 is 0 Å². The van der Waals surface area contributed by atoms with Crippen LogP contribution in [0.5, 0.6) is 0 Å². The summed E-state index contributed by atoms with van der Waals surface area (Å²) in [4.78, 5) is 16.7. The number of rotatable bonds is 7. The first-order chi connectivity index (χ1) is 10.5. The molecule has 0 aliphatic rings. The molecule has 0 saturated carbocycles. The van der Waals surface area contributed by atoms with Crippen molar-refractivity contribution in [1.29, 1.82) is 0 Å². The Labute approximate surface area is 156 Å². The number of fused-ring (bicyclic) bond motifs is 1. The fraction of sp³-hybridized carbons (Fsp3) is 0.529. The van der Waals surface area contributed by atoms with Gasteiger partial charge < -0.3 is 15.2 Å². The second-order valence-corrected chi connectivity index (χ2v) is 5.92. The largest absolute Gasteiger partial charge is 0.346 e. The van der Waals surface area contributed by atoms with E-state index in [1.165, 1.54) is 0 Å². The first kappa shape index (κ1) is 22.7. The Morgan fingerprint density at radius 2 is 1.88 bits per heavy atom. The van der Waals surface area contributed by atoms with Gasteiger partial charge in [-0.3, -0.25) is 4.79 Å². The van der Waals surface area contributed by atoms with E-state index in [2.05, 4.69) is 35.1 Å². The normalized spacial score (nSPS) is 11.7. The van der Waals surface area contributed by atoms with Crippen molar-refractivity contribution in [2.75, 3.05) is 13.6 Å². The van der Waals surface area contributed by atoms with Crippen LogP contribution in [0.2, 0.25) is 0 Å². The maximum absolute atomic E-state index is 12.0. The summed E-state index contributed by atoms with van der Waals surface area (Å²) in [7, 11) is 1.89. The number of imidazole rings is 1. The molecule has 2 rings (SSSR count). The average molecular weight is 375 g/mol. The molecule has 24 heavy (non-hydrogen) atoms. The van der Waals surface area contributed by atoms with Crippen molar-refractivity contribution in [3.8, 4) is 0 Å². The fourth-order valence-corrected chi connectivity index (χ4v) is 2.72. The third-order valence-corrected chi connectivity index (χ3v) is 3.73. The van der Waals surface area contributed by atoms with Gasteiger partial charge in [0.25, 0.3) is 0 Å². The molecule has 1 unspecified atom stereocenters. The van der Waals surface area contributed by atoms with Gasteiger partial charge in [-0.2, -0.15) is 0 Å². The molecule has 0 radical (unpaired) electrons. The number of benzene rings is 1. The van der Waals surface area contributed by atoms with Crippen LogP contribution in [0.3, 0.4) is 0 Å². The van der Waals surface area contributed by atoms with Gasteiger partial charge in [0.15, 0.2) is 0 Å². The molecule has 1 aromatic heterocycles. The summed E-state index contributed by atoms with van der Waals surface area (Å²) in [5, 5.41) is 6.11. The van der Waals surface area contributed by atoms with Crippen LogP contribution >= 0.6 is 24.8 Å². The molecule has 1 heterocycles. The van der Waals surface area contributed by atoms with Crippen molar-refractivity contribution in [3.05, 3.63) is 30.1 Å². The summed E-state index contributed by atoms with van der Waals surface area (Å²) in [5.41, 5.74) is 2.09. The zero-order valence-corrected chi connectivity index (χ0v) is 16.3. The zero-order chi connectivity index (χ0) is 16.1. The first-order valence-electron chi connectivity index (χ1n) is 7.95. The molecule has 7 heteroatoms. The van der Waals surface area contributed by atoms with Gasteiger partial charge in [-0.05, 0) is 52.9 Å². The maximum atomic E-state index is 12.0. The van der Waals surface area contributed by atoms with Gasteiger partial charge in [0.2, 0.25) is 5.91 Å². The van der Waals surface area contributed by atoms with Crippen molar-refractivity contribution < 1.29 is 4.79 Å².